The number of amides is 1. The van der Waals surface area contributed by atoms with E-state index < -0.39 is 5.91 Å². The minimum atomic E-state index is -0.444. The zero-order valence-corrected chi connectivity index (χ0v) is 17.8. The molecule has 31 heavy (non-hydrogen) atoms. The number of ether oxygens (including phenoxy) is 3. The van der Waals surface area contributed by atoms with E-state index in [0.717, 1.165) is 10.8 Å². The van der Waals surface area contributed by atoms with Gasteiger partial charge in [-0.25, -0.2) is 5.43 Å². The topological polar surface area (TPSA) is 89.4 Å². The van der Waals surface area contributed by atoms with Crippen LogP contribution in [-0.4, -0.2) is 37.0 Å². The zero-order chi connectivity index (χ0) is 22.2. The number of benzene rings is 3. The molecule has 0 bridgehead atoms. The molecule has 162 valence electrons. The molecule has 0 aliphatic carbocycles. The van der Waals surface area contributed by atoms with E-state index in [1.54, 1.807) is 18.2 Å². The molecular formula is C24H26N2O5. The number of nitrogens with zero attached hydrogens (tertiary/aromatic N) is 1. The van der Waals surface area contributed by atoms with Gasteiger partial charge in [-0.2, -0.15) is 5.10 Å². The Hall–Kier alpha value is -3.74. The Morgan fingerprint density at radius 2 is 1.61 bits per heavy atom. The summed E-state index contributed by atoms with van der Waals surface area (Å²) in [5.74, 6) is 0.954. The fourth-order valence-corrected chi connectivity index (χ4v) is 3.16. The maximum atomic E-state index is 12.7. The summed E-state index contributed by atoms with van der Waals surface area (Å²) in [5.41, 5.74) is 3.33. The summed E-state index contributed by atoms with van der Waals surface area (Å²) in [4.78, 5) is 12.7. The third kappa shape index (κ3) is 5.06. The number of nitrogens with one attached hydrogen (secondary N) is 1. The lowest BCUT2D eigenvalue weighted by Gasteiger charge is -2.16. The summed E-state index contributed by atoms with van der Waals surface area (Å²) < 4.78 is 17.0. The highest BCUT2D eigenvalue weighted by Crippen LogP contribution is 2.39. The molecule has 3 aromatic carbocycles. The fraction of sp³-hybridized carbons (Fsp3) is 0.250. The Morgan fingerprint density at radius 3 is 2.26 bits per heavy atom. The van der Waals surface area contributed by atoms with Crippen molar-refractivity contribution in [1.29, 1.82) is 0 Å². The minimum absolute atomic E-state index is 0.0787. The van der Waals surface area contributed by atoms with Crippen molar-refractivity contribution in [3.63, 3.8) is 0 Å². The van der Waals surface area contributed by atoms with Gasteiger partial charge in [-0.05, 0) is 49.7 Å². The van der Waals surface area contributed by atoms with E-state index >= 15 is 0 Å². The summed E-state index contributed by atoms with van der Waals surface area (Å²) in [6.45, 7) is 6.83. The number of carbonyl (C=O) groups excluding carboxylic acids is 1. The van der Waals surface area contributed by atoms with Gasteiger partial charge in [-0.15, -0.1) is 0 Å². The van der Waals surface area contributed by atoms with Crippen molar-refractivity contribution in [3.8, 4) is 23.0 Å². The van der Waals surface area contributed by atoms with E-state index in [0.29, 0.717) is 48.2 Å². The van der Waals surface area contributed by atoms with Crippen LogP contribution in [0.4, 0.5) is 0 Å². The lowest BCUT2D eigenvalue weighted by atomic mass is 10.0. The van der Waals surface area contributed by atoms with Crippen molar-refractivity contribution in [2.75, 3.05) is 19.8 Å². The molecule has 3 aromatic rings. The Bertz CT molecular complexity index is 1070. The maximum Gasteiger partial charge on any atom is 0.271 e. The molecule has 0 aromatic heterocycles. The number of hydrogen-bond acceptors (Lipinski definition) is 6. The van der Waals surface area contributed by atoms with Crippen LogP contribution >= 0.6 is 0 Å². The second-order valence-electron chi connectivity index (χ2n) is 6.52. The number of rotatable bonds is 9. The van der Waals surface area contributed by atoms with E-state index in [9.17, 15) is 9.90 Å². The standard InChI is InChI=1S/C24H26N2O5/c1-4-29-21-13-17(14-22(30-5-2)23(21)31-6-3)24(28)26-25-15-19-18-10-8-7-9-16(18)11-12-20(19)27/h7-15,27H,4-6H2,1-3H3,(H,26,28). The highest BCUT2D eigenvalue weighted by atomic mass is 16.5. The van der Waals surface area contributed by atoms with Gasteiger partial charge in [0.1, 0.15) is 5.75 Å². The zero-order valence-electron chi connectivity index (χ0n) is 17.8. The van der Waals surface area contributed by atoms with Crippen molar-refractivity contribution in [1.82, 2.24) is 5.43 Å². The summed E-state index contributed by atoms with van der Waals surface area (Å²) >= 11 is 0. The van der Waals surface area contributed by atoms with Gasteiger partial charge in [0.05, 0.1) is 26.0 Å². The van der Waals surface area contributed by atoms with Crippen LogP contribution in [0, 0.1) is 0 Å². The summed E-state index contributed by atoms with van der Waals surface area (Å²) in [5, 5.41) is 16.0. The number of hydrazone groups is 1. The van der Waals surface area contributed by atoms with Crippen LogP contribution in [0.2, 0.25) is 0 Å². The summed E-state index contributed by atoms with van der Waals surface area (Å²) in [6, 6.07) is 14.2. The van der Waals surface area contributed by atoms with E-state index in [4.69, 9.17) is 14.2 Å². The Morgan fingerprint density at radius 1 is 0.968 bits per heavy atom. The molecule has 0 saturated heterocycles. The molecule has 0 spiro atoms. The smallest absolute Gasteiger partial charge is 0.271 e. The Labute approximate surface area is 181 Å². The molecule has 3 rings (SSSR count). The van der Waals surface area contributed by atoms with Gasteiger partial charge in [0.2, 0.25) is 5.75 Å². The quantitative estimate of drug-likeness (QED) is 0.391. The Balaban J connectivity index is 1.87. The van der Waals surface area contributed by atoms with E-state index in [1.165, 1.54) is 6.21 Å². The van der Waals surface area contributed by atoms with Gasteiger partial charge in [0.15, 0.2) is 11.5 Å². The van der Waals surface area contributed by atoms with Gasteiger partial charge in [-0.3, -0.25) is 4.79 Å². The number of carbonyl (C=O) groups is 1. The highest BCUT2D eigenvalue weighted by molar-refractivity contribution is 6.03. The molecule has 1 amide bonds. The first-order chi connectivity index (χ1) is 15.1. The first-order valence-electron chi connectivity index (χ1n) is 10.2. The number of fused-ring (bicyclic) bond motifs is 1. The van der Waals surface area contributed by atoms with Crippen LogP contribution < -0.4 is 19.6 Å². The molecule has 0 atom stereocenters. The normalized spacial score (nSPS) is 10.9. The first kappa shape index (κ1) is 22.0. The van der Waals surface area contributed by atoms with Gasteiger partial charge >= 0.3 is 0 Å². The second kappa shape index (κ2) is 10.3. The average Bonchev–Trinajstić information content (AvgIpc) is 2.77. The first-order valence-corrected chi connectivity index (χ1v) is 10.2. The molecule has 0 heterocycles. The van der Waals surface area contributed by atoms with Gasteiger partial charge in [0.25, 0.3) is 5.91 Å². The fourth-order valence-electron chi connectivity index (χ4n) is 3.16. The van der Waals surface area contributed by atoms with Crippen LogP contribution in [0.5, 0.6) is 23.0 Å². The van der Waals surface area contributed by atoms with Gasteiger partial charge < -0.3 is 19.3 Å². The lowest BCUT2D eigenvalue weighted by molar-refractivity contribution is 0.0954. The number of aromatic hydroxyl groups is 1. The molecule has 0 radical (unpaired) electrons. The molecule has 0 aliphatic heterocycles. The van der Waals surface area contributed by atoms with E-state index in [1.807, 2.05) is 51.1 Å². The summed E-state index contributed by atoms with van der Waals surface area (Å²) in [7, 11) is 0. The van der Waals surface area contributed by atoms with Gasteiger partial charge in [-0.1, -0.05) is 30.3 Å². The molecule has 0 unspecified atom stereocenters. The largest absolute Gasteiger partial charge is 0.507 e. The Kier molecular flexibility index (Phi) is 7.32. The molecular weight excluding hydrogens is 396 g/mol. The van der Waals surface area contributed by atoms with Crippen LogP contribution in [0.25, 0.3) is 10.8 Å². The van der Waals surface area contributed by atoms with Crippen molar-refractivity contribution in [2.45, 2.75) is 20.8 Å². The van der Waals surface area contributed by atoms with Gasteiger partial charge in [0, 0.05) is 11.1 Å². The highest BCUT2D eigenvalue weighted by Gasteiger charge is 2.18. The maximum absolute atomic E-state index is 12.7. The third-order valence-electron chi connectivity index (χ3n) is 4.48. The van der Waals surface area contributed by atoms with E-state index in [-0.39, 0.29) is 5.75 Å². The molecule has 7 nitrogen and oxygen atoms in total. The predicted molar refractivity (Wildman–Crippen MR) is 121 cm³/mol. The van der Waals surface area contributed by atoms with Crippen LogP contribution in [0.3, 0.4) is 0 Å². The lowest BCUT2D eigenvalue weighted by Crippen LogP contribution is -2.18. The summed E-state index contributed by atoms with van der Waals surface area (Å²) in [6.07, 6.45) is 1.43. The third-order valence-corrected chi connectivity index (χ3v) is 4.48. The number of phenols is 1. The van der Waals surface area contributed by atoms with Crippen molar-refractivity contribution < 1.29 is 24.1 Å². The molecule has 7 heteroatoms. The average molecular weight is 422 g/mol. The predicted octanol–water partition coefficient (Wildman–Crippen LogP) is 4.51. The van der Waals surface area contributed by atoms with Crippen LogP contribution in [0.15, 0.2) is 53.6 Å². The van der Waals surface area contributed by atoms with Crippen LogP contribution in [0.1, 0.15) is 36.7 Å². The van der Waals surface area contributed by atoms with Crippen molar-refractivity contribution in [2.24, 2.45) is 5.10 Å². The monoisotopic (exact) mass is 422 g/mol. The van der Waals surface area contributed by atoms with E-state index in [2.05, 4.69) is 10.5 Å². The molecule has 2 N–H and O–H groups in total. The number of phenolic OH excluding ortho intramolecular Hbond substituents is 1. The van der Waals surface area contributed by atoms with Crippen LogP contribution in [-0.2, 0) is 0 Å². The minimum Gasteiger partial charge on any atom is -0.507 e. The van der Waals surface area contributed by atoms with Crippen molar-refractivity contribution >= 4 is 22.9 Å². The number of hydrogen-bond donors (Lipinski definition) is 2. The molecule has 0 aliphatic rings. The molecule has 0 saturated carbocycles. The second-order valence-corrected chi connectivity index (χ2v) is 6.52. The SMILES string of the molecule is CCOc1cc(C(=O)NN=Cc2c(O)ccc3ccccc23)cc(OCC)c1OCC. The molecule has 0 fully saturated rings. The van der Waals surface area contributed by atoms with Crippen molar-refractivity contribution in [3.05, 3.63) is 59.7 Å².